The second kappa shape index (κ2) is 3.83. The van der Waals surface area contributed by atoms with Crippen LogP contribution in [0.25, 0.3) is 0 Å². The fourth-order valence-corrected chi connectivity index (χ4v) is 1.36. The summed E-state index contributed by atoms with van der Waals surface area (Å²) in [5.41, 5.74) is -0.305. The maximum atomic E-state index is 13.2. The predicted octanol–water partition coefficient (Wildman–Crippen LogP) is 2.32. The van der Waals surface area contributed by atoms with Gasteiger partial charge in [0, 0.05) is 0 Å². The highest BCUT2D eigenvalue weighted by Crippen LogP contribution is 2.45. The highest BCUT2D eigenvalue weighted by atomic mass is 19.3. The van der Waals surface area contributed by atoms with Crippen molar-refractivity contribution in [1.82, 2.24) is 0 Å². The SMILES string of the molecule is CCOC(=O)c1ccc(F)c2c1OC(F)(F)O2. The number of alkyl halides is 2. The third-order valence-electron chi connectivity index (χ3n) is 2.00. The largest absolute Gasteiger partial charge is 0.586 e. The summed E-state index contributed by atoms with van der Waals surface area (Å²) in [6, 6.07) is 1.83. The van der Waals surface area contributed by atoms with Crippen molar-refractivity contribution in [3.63, 3.8) is 0 Å². The van der Waals surface area contributed by atoms with Crippen molar-refractivity contribution in [2.75, 3.05) is 6.61 Å². The molecule has 4 nitrogen and oxygen atoms in total. The number of hydrogen-bond acceptors (Lipinski definition) is 4. The number of ether oxygens (including phenoxy) is 3. The topological polar surface area (TPSA) is 44.8 Å². The van der Waals surface area contributed by atoms with Gasteiger partial charge in [0.25, 0.3) is 0 Å². The molecule has 1 aromatic rings. The maximum absolute atomic E-state index is 13.2. The molecular weight excluding hydrogens is 241 g/mol. The van der Waals surface area contributed by atoms with E-state index in [1.807, 2.05) is 0 Å². The number of carbonyl (C=O) groups is 1. The summed E-state index contributed by atoms with van der Waals surface area (Å²) in [7, 11) is 0. The molecule has 7 heteroatoms. The van der Waals surface area contributed by atoms with Gasteiger partial charge in [-0.1, -0.05) is 0 Å². The molecule has 1 heterocycles. The van der Waals surface area contributed by atoms with Crippen LogP contribution >= 0.6 is 0 Å². The second-order valence-corrected chi connectivity index (χ2v) is 3.14. The quantitative estimate of drug-likeness (QED) is 0.753. The third kappa shape index (κ3) is 2.00. The minimum Gasteiger partial charge on any atom is -0.462 e. The first kappa shape index (κ1) is 11.6. The fourth-order valence-electron chi connectivity index (χ4n) is 1.36. The number of rotatable bonds is 2. The third-order valence-corrected chi connectivity index (χ3v) is 2.00. The standard InChI is InChI=1S/C10H7F3O4/c1-2-15-9(14)5-3-4-6(11)8-7(5)16-10(12,13)17-8/h3-4H,2H2,1H3. The molecule has 0 unspecified atom stereocenters. The van der Waals surface area contributed by atoms with Crippen molar-refractivity contribution in [3.8, 4) is 11.5 Å². The van der Waals surface area contributed by atoms with E-state index in [0.29, 0.717) is 0 Å². The summed E-state index contributed by atoms with van der Waals surface area (Å²) in [4.78, 5) is 11.4. The number of halogens is 3. The molecule has 0 radical (unpaired) electrons. The molecule has 2 rings (SSSR count). The molecule has 0 fully saturated rings. The van der Waals surface area contributed by atoms with Crippen molar-refractivity contribution in [2.45, 2.75) is 13.2 Å². The minimum atomic E-state index is -3.98. The molecule has 0 saturated heterocycles. The number of carbonyl (C=O) groups excluding carboxylic acids is 1. The van der Waals surface area contributed by atoms with Crippen LogP contribution in [0.3, 0.4) is 0 Å². The van der Waals surface area contributed by atoms with Gasteiger partial charge in [0.1, 0.15) is 5.56 Å². The zero-order valence-electron chi connectivity index (χ0n) is 8.63. The maximum Gasteiger partial charge on any atom is 0.586 e. The van der Waals surface area contributed by atoms with E-state index >= 15 is 0 Å². The van der Waals surface area contributed by atoms with Crippen molar-refractivity contribution in [1.29, 1.82) is 0 Å². The van der Waals surface area contributed by atoms with Crippen molar-refractivity contribution in [2.24, 2.45) is 0 Å². The Morgan fingerprint density at radius 3 is 2.65 bits per heavy atom. The lowest BCUT2D eigenvalue weighted by atomic mass is 10.2. The normalized spacial score (nSPS) is 15.8. The van der Waals surface area contributed by atoms with E-state index in [4.69, 9.17) is 0 Å². The number of fused-ring (bicyclic) bond motifs is 1. The van der Waals surface area contributed by atoms with Crippen LogP contribution in [0.1, 0.15) is 17.3 Å². The summed E-state index contributed by atoms with van der Waals surface area (Å²) in [6.45, 7) is 1.61. The molecule has 0 atom stereocenters. The van der Waals surface area contributed by atoms with E-state index in [2.05, 4.69) is 14.2 Å². The summed E-state index contributed by atoms with van der Waals surface area (Å²) in [5, 5.41) is 0. The Balaban J connectivity index is 2.45. The Kier molecular flexibility index (Phi) is 2.60. The van der Waals surface area contributed by atoms with Gasteiger partial charge in [-0.15, -0.1) is 8.78 Å². The van der Waals surface area contributed by atoms with E-state index in [9.17, 15) is 18.0 Å². The Hall–Kier alpha value is -1.92. The smallest absolute Gasteiger partial charge is 0.462 e. The second-order valence-electron chi connectivity index (χ2n) is 3.14. The molecule has 1 aromatic carbocycles. The molecule has 0 aliphatic carbocycles. The first-order chi connectivity index (χ1) is 7.94. The molecule has 17 heavy (non-hydrogen) atoms. The Morgan fingerprint density at radius 1 is 1.35 bits per heavy atom. The molecular formula is C10H7F3O4. The molecule has 92 valence electrons. The zero-order valence-corrected chi connectivity index (χ0v) is 8.63. The summed E-state index contributed by atoms with van der Waals surface area (Å²) in [5.74, 6) is -3.36. The highest BCUT2D eigenvalue weighted by molar-refractivity contribution is 5.93. The average Bonchev–Trinajstić information content (AvgIpc) is 2.55. The summed E-state index contributed by atoms with van der Waals surface area (Å²) >= 11 is 0. The molecule has 0 bridgehead atoms. The lowest BCUT2D eigenvalue weighted by Gasteiger charge is -2.06. The van der Waals surface area contributed by atoms with Gasteiger partial charge in [0.05, 0.1) is 6.61 Å². The van der Waals surface area contributed by atoms with Gasteiger partial charge in [-0.3, -0.25) is 0 Å². The van der Waals surface area contributed by atoms with Crippen molar-refractivity contribution in [3.05, 3.63) is 23.5 Å². The van der Waals surface area contributed by atoms with Gasteiger partial charge in [-0.25, -0.2) is 9.18 Å². The molecule has 0 amide bonds. The van der Waals surface area contributed by atoms with Crippen LogP contribution in [-0.2, 0) is 4.74 Å². The Bertz CT molecular complexity index is 473. The molecule has 1 aliphatic heterocycles. The van der Waals surface area contributed by atoms with Gasteiger partial charge < -0.3 is 14.2 Å². The fraction of sp³-hybridized carbons (Fsp3) is 0.300. The van der Waals surface area contributed by atoms with E-state index in [-0.39, 0.29) is 12.2 Å². The first-order valence-electron chi connectivity index (χ1n) is 4.70. The van der Waals surface area contributed by atoms with Crippen LogP contribution in [0.2, 0.25) is 0 Å². The monoisotopic (exact) mass is 248 g/mol. The number of esters is 1. The average molecular weight is 248 g/mol. The highest BCUT2D eigenvalue weighted by Gasteiger charge is 2.47. The Labute approximate surface area is 93.9 Å². The predicted molar refractivity (Wildman–Crippen MR) is 48.6 cm³/mol. The number of benzene rings is 1. The van der Waals surface area contributed by atoms with E-state index < -0.39 is 29.6 Å². The Morgan fingerprint density at radius 2 is 2.00 bits per heavy atom. The molecule has 0 spiro atoms. The lowest BCUT2D eigenvalue weighted by Crippen LogP contribution is -2.26. The molecule has 0 N–H and O–H groups in total. The van der Waals surface area contributed by atoms with Gasteiger partial charge in [0.15, 0.2) is 11.6 Å². The van der Waals surface area contributed by atoms with Gasteiger partial charge in [-0.2, -0.15) is 0 Å². The van der Waals surface area contributed by atoms with Crippen LogP contribution in [0.4, 0.5) is 13.2 Å². The lowest BCUT2D eigenvalue weighted by molar-refractivity contribution is -0.287. The number of hydrogen-bond donors (Lipinski definition) is 0. The molecule has 1 aliphatic rings. The van der Waals surface area contributed by atoms with Crippen LogP contribution < -0.4 is 9.47 Å². The van der Waals surface area contributed by atoms with Gasteiger partial charge >= 0.3 is 12.3 Å². The molecule has 0 saturated carbocycles. The minimum absolute atomic E-state index is 0.0578. The van der Waals surface area contributed by atoms with Gasteiger partial charge in [0.2, 0.25) is 5.75 Å². The van der Waals surface area contributed by atoms with Crippen LogP contribution in [0.5, 0.6) is 11.5 Å². The van der Waals surface area contributed by atoms with Crippen LogP contribution in [-0.4, -0.2) is 18.9 Å². The van der Waals surface area contributed by atoms with E-state index in [1.165, 1.54) is 0 Å². The van der Waals surface area contributed by atoms with Crippen LogP contribution in [0, 0.1) is 5.82 Å². The van der Waals surface area contributed by atoms with Gasteiger partial charge in [-0.05, 0) is 19.1 Å². The van der Waals surface area contributed by atoms with Crippen molar-refractivity contribution < 1.29 is 32.2 Å². The van der Waals surface area contributed by atoms with E-state index in [0.717, 1.165) is 12.1 Å². The summed E-state index contributed by atoms with van der Waals surface area (Å²) < 4.78 is 51.4. The first-order valence-corrected chi connectivity index (χ1v) is 4.70. The summed E-state index contributed by atoms with van der Waals surface area (Å²) in [6.07, 6.45) is -3.98. The van der Waals surface area contributed by atoms with Crippen molar-refractivity contribution >= 4 is 5.97 Å². The van der Waals surface area contributed by atoms with Crippen LogP contribution in [0.15, 0.2) is 12.1 Å². The molecule has 0 aromatic heterocycles. The van der Waals surface area contributed by atoms with E-state index in [1.54, 1.807) is 6.92 Å². The zero-order chi connectivity index (χ0) is 12.6.